The maximum atomic E-state index is 12.9. The van der Waals surface area contributed by atoms with E-state index in [2.05, 4.69) is 0 Å². The summed E-state index contributed by atoms with van der Waals surface area (Å²) >= 11 is 6.19. The van der Waals surface area contributed by atoms with Crippen molar-refractivity contribution in [2.45, 2.75) is 19.4 Å². The summed E-state index contributed by atoms with van der Waals surface area (Å²) in [6.45, 7) is 2.67. The van der Waals surface area contributed by atoms with E-state index in [9.17, 15) is 4.79 Å². The van der Waals surface area contributed by atoms with Gasteiger partial charge in [-0.15, -0.1) is 0 Å². The molecule has 3 rings (SSSR count). The lowest BCUT2D eigenvalue weighted by Crippen LogP contribution is -2.39. The van der Waals surface area contributed by atoms with Crippen molar-refractivity contribution in [2.75, 3.05) is 20.8 Å². The van der Waals surface area contributed by atoms with Crippen LogP contribution in [0, 0.1) is 0 Å². The molecular weight excluding hydrogens is 326 g/mol. The van der Waals surface area contributed by atoms with E-state index in [1.807, 2.05) is 36.1 Å². The molecule has 1 aliphatic heterocycles. The number of hydrogen-bond acceptors (Lipinski definition) is 3. The van der Waals surface area contributed by atoms with Crippen LogP contribution in [-0.4, -0.2) is 31.6 Å². The van der Waals surface area contributed by atoms with Gasteiger partial charge in [0.25, 0.3) is 5.91 Å². The Hall–Kier alpha value is -2.20. The molecule has 1 heterocycles. The Balaban J connectivity index is 1.96. The van der Waals surface area contributed by atoms with Crippen LogP contribution in [0.2, 0.25) is 5.02 Å². The van der Waals surface area contributed by atoms with Gasteiger partial charge in [0.15, 0.2) is 11.5 Å². The smallest absolute Gasteiger partial charge is 0.255 e. The van der Waals surface area contributed by atoms with Crippen molar-refractivity contribution < 1.29 is 14.3 Å². The van der Waals surface area contributed by atoms with Crippen molar-refractivity contribution in [2.24, 2.45) is 0 Å². The number of nitrogens with zero attached hydrogens (tertiary/aromatic N) is 1. The second-order valence-electron chi connectivity index (χ2n) is 5.81. The number of ether oxygens (including phenoxy) is 2. The van der Waals surface area contributed by atoms with Gasteiger partial charge >= 0.3 is 0 Å². The highest BCUT2D eigenvalue weighted by Crippen LogP contribution is 2.38. The van der Waals surface area contributed by atoms with Gasteiger partial charge in [-0.3, -0.25) is 4.79 Å². The summed E-state index contributed by atoms with van der Waals surface area (Å²) in [5.41, 5.74) is 2.80. The van der Waals surface area contributed by atoms with E-state index in [0.717, 1.165) is 12.0 Å². The predicted octanol–water partition coefficient (Wildman–Crippen LogP) is 4.12. The Kier molecular flexibility index (Phi) is 4.67. The molecule has 0 N–H and O–H groups in total. The Morgan fingerprint density at radius 2 is 1.83 bits per heavy atom. The lowest BCUT2D eigenvalue weighted by atomic mass is 9.92. The third kappa shape index (κ3) is 2.82. The largest absolute Gasteiger partial charge is 0.493 e. The van der Waals surface area contributed by atoms with Gasteiger partial charge < -0.3 is 14.4 Å². The van der Waals surface area contributed by atoms with Crippen LogP contribution in [0.5, 0.6) is 11.5 Å². The molecule has 0 bridgehead atoms. The van der Waals surface area contributed by atoms with Crippen LogP contribution in [0.25, 0.3) is 0 Å². The number of halogens is 1. The highest BCUT2D eigenvalue weighted by Gasteiger charge is 2.30. The zero-order chi connectivity index (χ0) is 17.3. The summed E-state index contributed by atoms with van der Waals surface area (Å²) in [5.74, 6) is 1.35. The maximum absolute atomic E-state index is 12.9. The average Bonchev–Trinajstić information content (AvgIpc) is 2.61. The highest BCUT2D eigenvalue weighted by atomic mass is 35.5. The molecule has 4 nitrogen and oxygen atoms in total. The van der Waals surface area contributed by atoms with E-state index < -0.39 is 0 Å². The third-order valence-electron chi connectivity index (χ3n) is 4.55. The number of carbonyl (C=O) groups excluding carboxylic acids is 1. The van der Waals surface area contributed by atoms with Crippen LogP contribution in [0.15, 0.2) is 36.4 Å². The molecular formula is C19H20ClNO3. The number of benzene rings is 2. The van der Waals surface area contributed by atoms with Gasteiger partial charge in [-0.1, -0.05) is 23.7 Å². The maximum Gasteiger partial charge on any atom is 0.255 e. The fourth-order valence-corrected chi connectivity index (χ4v) is 3.43. The lowest BCUT2D eigenvalue weighted by molar-refractivity contribution is 0.0677. The van der Waals surface area contributed by atoms with Crippen LogP contribution in [0.1, 0.15) is 34.5 Å². The molecule has 1 atom stereocenters. The minimum absolute atomic E-state index is 0.0477. The quantitative estimate of drug-likeness (QED) is 0.840. The van der Waals surface area contributed by atoms with Crippen molar-refractivity contribution in [1.82, 2.24) is 4.90 Å². The summed E-state index contributed by atoms with van der Waals surface area (Å²) in [6, 6.07) is 11.1. The van der Waals surface area contributed by atoms with Crippen LogP contribution in [0.3, 0.4) is 0 Å². The summed E-state index contributed by atoms with van der Waals surface area (Å²) in [6.07, 6.45) is 0.774. The second kappa shape index (κ2) is 6.73. The van der Waals surface area contributed by atoms with E-state index in [1.165, 1.54) is 5.56 Å². The topological polar surface area (TPSA) is 38.8 Å². The SMILES string of the molecule is COc1cc2c(cc1OC)[C@H](C)N(C(=O)c1ccccc1Cl)CC2. The molecule has 5 heteroatoms. The lowest BCUT2D eigenvalue weighted by Gasteiger charge is -2.36. The van der Waals surface area contributed by atoms with Gasteiger partial charge in [0, 0.05) is 6.54 Å². The van der Waals surface area contributed by atoms with Crippen LogP contribution in [-0.2, 0) is 6.42 Å². The van der Waals surface area contributed by atoms with Gasteiger partial charge in [0.05, 0.1) is 30.8 Å². The van der Waals surface area contributed by atoms with Crippen LogP contribution < -0.4 is 9.47 Å². The number of rotatable bonds is 3. The summed E-state index contributed by atoms with van der Waals surface area (Å²) in [4.78, 5) is 14.8. The summed E-state index contributed by atoms with van der Waals surface area (Å²) < 4.78 is 10.8. The minimum Gasteiger partial charge on any atom is -0.493 e. The van der Waals surface area contributed by atoms with E-state index in [4.69, 9.17) is 21.1 Å². The Bertz CT molecular complexity index is 775. The molecule has 0 unspecified atom stereocenters. The van der Waals surface area contributed by atoms with E-state index in [-0.39, 0.29) is 11.9 Å². The Morgan fingerprint density at radius 3 is 2.50 bits per heavy atom. The molecule has 2 aromatic carbocycles. The molecule has 1 aliphatic rings. The van der Waals surface area contributed by atoms with Gasteiger partial charge in [0.2, 0.25) is 0 Å². The van der Waals surface area contributed by atoms with Gasteiger partial charge in [-0.05, 0) is 48.7 Å². The third-order valence-corrected chi connectivity index (χ3v) is 4.88. The first kappa shape index (κ1) is 16.7. The van der Waals surface area contributed by atoms with E-state index >= 15 is 0 Å². The number of amides is 1. The first-order valence-electron chi connectivity index (χ1n) is 7.87. The normalized spacial score (nSPS) is 16.5. The monoisotopic (exact) mass is 345 g/mol. The summed E-state index contributed by atoms with van der Waals surface area (Å²) in [5, 5.41) is 0.479. The molecule has 0 saturated heterocycles. The second-order valence-corrected chi connectivity index (χ2v) is 6.22. The molecule has 2 aromatic rings. The fraction of sp³-hybridized carbons (Fsp3) is 0.316. The molecule has 126 valence electrons. The van der Waals surface area contributed by atoms with E-state index in [0.29, 0.717) is 28.6 Å². The predicted molar refractivity (Wildman–Crippen MR) is 94.2 cm³/mol. The van der Waals surface area contributed by atoms with Gasteiger partial charge in [0.1, 0.15) is 0 Å². The minimum atomic E-state index is -0.0580. The molecule has 0 aromatic heterocycles. The summed E-state index contributed by atoms with van der Waals surface area (Å²) in [7, 11) is 3.24. The van der Waals surface area contributed by atoms with Crippen molar-refractivity contribution in [3.63, 3.8) is 0 Å². The first-order chi connectivity index (χ1) is 11.6. The molecule has 0 radical (unpaired) electrons. The zero-order valence-electron chi connectivity index (χ0n) is 14.0. The molecule has 0 aliphatic carbocycles. The molecule has 0 saturated carbocycles. The number of hydrogen-bond donors (Lipinski definition) is 0. The van der Waals surface area contributed by atoms with Crippen LogP contribution >= 0.6 is 11.6 Å². The molecule has 0 spiro atoms. The average molecular weight is 346 g/mol. The first-order valence-corrected chi connectivity index (χ1v) is 8.25. The molecule has 1 amide bonds. The van der Waals surface area contributed by atoms with Gasteiger partial charge in [-0.25, -0.2) is 0 Å². The Morgan fingerprint density at radius 1 is 1.17 bits per heavy atom. The van der Waals surface area contributed by atoms with E-state index in [1.54, 1.807) is 26.4 Å². The van der Waals surface area contributed by atoms with Gasteiger partial charge in [-0.2, -0.15) is 0 Å². The van der Waals surface area contributed by atoms with Crippen LogP contribution in [0.4, 0.5) is 0 Å². The number of methoxy groups -OCH3 is 2. The van der Waals surface area contributed by atoms with Crippen molar-refractivity contribution >= 4 is 17.5 Å². The standard InChI is InChI=1S/C19H20ClNO3/c1-12-15-11-18(24-3)17(23-2)10-13(15)8-9-21(12)19(22)14-6-4-5-7-16(14)20/h4-7,10-12H,8-9H2,1-3H3/t12-/m0/s1. The Labute approximate surface area is 146 Å². The zero-order valence-corrected chi connectivity index (χ0v) is 14.8. The number of carbonyl (C=O) groups is 1. The highest BCUT2D eigenvalue weighted by molar-refractivity contribution is 6.33. The number of fused-ring (bicyclic) bond motifs is 1. The van der Waals surface area contributed by atoms with Crippen molar-refractivity contribution in [1.29, 1.82) is 0 Å². The molecule has 0 fully saturated rings. The molecule has 24 heavy (non-hydrogen) atoms. The van der Waals surface area contributed by atoms with Crippen molar-refractivity contribution in [3.8, 4) is 11.5 Å². The fourth-order valence-electron chi connectivity index (χ4n) is 3.21. The van der Waals surface area contributed by atoms with Crippen molar-refractivity contribution in [3.05, 3.63) is 58.1 Å².